The van der Waals surface area contributed by atoms with Crippen molar-refractivity contribution in [3.8, 4) is 0 Å². The maximum atomic E-state index is 14.4. The highest BCUT2D eigenvalue weighted by Crippen LogP contribution is 2.46. The first-order chi connectivity index (χ1) is 29.3. The summed E-state index contributed by atoms with van der Waals surface area (Å²) in [4.78, 5) is 60.8. The van der Waals surface area contributed by atoms with Gasteiger partial charge in [-0.2, -0.15) is 0 Å². The number of hydrogen-bond donors (Lipinski definition) is 0. The molecular weight excluding hydrogens is 741 g/mol. The van der Waals surface area contributed by atoms with Crippen LogP contribution in [0.2, 0.25) is 0 Å². The Labute approximate surface area is 359 Å². The lowest BCUT2D eigenvalue weighted by molar-refractivity contribution is 0.0563. The van der Waals surface area contributed by atoms with Gasteiger partial charge in [-0.05, 0) is 94.1 Å². The molecule has 0 saturated carbocycles. The van der Waals surface area contributed by atoms with Crippen molar-refractivity contribution in [2.75, 3.05) is 13.1 Å². The number of carbonyl (C=O) groups excluding carboxylic acids is 4. The predicted molar refractivity (Wildman–Crippen MR) is 250 cm³/mol. The Hall–Kier alpha value is -4.32. The number of nitrogens with zero attached hydrogens (tertiary/aromatic N) is 2. The van der Waals surface area contributed by atoms with Crippen molar-refractivity contribution in [3.05, 3.63) is 70.8 Å². The summed E-state index contributed by atoms with van der Waals surface area (Å²) in [7, 11) is 0. The fraction of sp³-hybridized carbons (Fsp3) is 0.556. The largest absolute Gasteiger partial charge is 0.274 e. The van der Waals surface area contributed by atoms with Gasteiger partial charge in [-0.3, -0.25) is 29.0 Å². The monoisotopic (exact) mass is 811 g/mol. The zero-order chi connectivity index (χ0) is 42.2. The first kappa shape index (κ1) is 43.8. The molecule has 60 heavy (non-hydrogen) atoms. The van der Waals surface area contributed by atoms with E-state index in [-0.39, 0.29) is 23.6 Å². The quantitative estimate of drug-likeness (QED) is 0.0241. The number of fused-ring (bicyclic) bond motifs is 2. The summed E-state index contributed by atoms with van der Waals surface area (Å²) in [6.45, 7) is 9.87. The Balaban J connectivity index is 1.20. The molecule has 0 aromatic heterocycles. The third-order valence-electron chi connectivity index (χ3n) is 14.0. The van der Waals surface area contributed by atoms with E-state index in [4.69, 9.17) is 0 Å². The van der Waals surface area contributed by atoms with Crippen LogP contribution in [0.5, 0.6) is 0 Å². The molecule has 2 aliphatic heterocycles. The number of hydrogen-bond acceptors (Lipinski definition) is 4. The van der Waals surface area contributed by atoms with Gasteiger partial charge < -0.3 is 0 Å². The highest BCUT2D eigenvalue weighted by atomic mass is 16.2. The van der Waals surface area contributed by atoms with E-state index in [1.165, 1.54) is 89.9 Å². The Morgan fingerprint density at radius 1 is 0.333 bits per heavy atom. The second-order valence-corrected chi connectivity index (χ2v) is 18.4. The van der Waals surface area contributed by atoms with Gasteiger partial charge in [0.1, 0.15) is 0 Å². The van der Waals surface area contributed by atoms with Crippen LogP contribution in [0.15, 0.2) is 48.5 Å². The molecule has 2 aliphatic rings. The van der Waals surface area contributed by atoms with Gasteiger partial charge in [-0.1, -0.05) is 168 Å². The molecule has 0 bridgehead atoms. The lowest BCUT2D eigenvalue weighted by Crippen LogP contribution is -2.43. The van der Waals surface area contributed by atoms with Gasteiger partial charge in [0, 0.05) is 46.1 Å². The second kappa shape index (κ2) is 20.5. The Bertz CT molecular complexity index is 2030. The van der Waals surface area contributed by atoms with E-state index in [1.807, 2.05) is 48.5 Å². The number of rotatable bonds is 26. The number of unbranched alkanes of at least 4 members (excludes halogenated alkanes) is 14. The van der Waals surface area contributed by atoms with Crippen molar-refractivity contribution in [1.82, 2.24) is 9.80 Å². The molecule has 0 saturated heterocycles. The van der Waals surface area contributed by atoms with Gasteiger partial charge in [-0.25, -0.2) is 0 Å². The minimum atomic E-state index is -0.197. The molecule has 6 heteroatoms. The molecule has 0 aliphatic carbocycles. The maximum Gasteiger partial charge on any atom is 0.261 e. The molecule has 320 valence electrons. The third kappa shape index (κ3) is 8.86. The molecule has 0 radical (unpaired) electrons. The van der Waals surface area contributed by atoms with E-state index in [2.05, 4.69) is 27.7 Å². The van der Waals surface area contributed by atoms with Gasteiger partial charge >= 0.3 is 0 Å². The number of carbonyl (C=O) groups is 4. The Kier molecular flexibility index (Phi) is 14.9. The maximum absolute atomic E-state index is 14.4. The normalized spacial score (nSPS) is 15.2. The standard InChI is InChI=1S/C54H70N2O4/c1-5-9-13-17-21-25-37(23-19-15-11-7-3)35-55-51(57)43-31-27-39-41-29-33-45-50-46(34-30-42(48(41)50)40-28-32-44(52(55)58)49(43)47(39)40)54(60)56(53(45)59)36-38(24-20-16-12-8-4)26-22-18-14-10-6-2/h27-34,37-38H,5-26,35-36H2,1-4H3. The summed E-state index contributed by atoms with van der Waals surface area (Å²) in [5.74, 6) is -0.192. The van der Waals surface area contributed by atoms with Gasteiger partial charge in [0.05, 0.1) is 0 Å². The second-order valence-electron chi connectivity index (χ2n) is 18.4. The zero-order valence-electron chi connectivity index (χ0n) is 37.3. The van der Waals surface area contributed by atoms with Gasteiger partial charge in [-0.15, -0.1) is 0 Å². The van der Waals surface area contributed by atoms with Crippen LogP contribution in [-0.2, 0) is 0 Å². The Morgan fingerprint density at radius 3 is 0.850 bits per heavy atom. The van der Waals surface area contributed by atoms with Gasteiger partial charge in [0.25, 0.3) is 23.6 Å². The average Bonchev–Trinajstić information content (AvgIpc) is 3.26. The van der Waals surface area contributed by atoms with Crippen molar-refractivity contribution >= 4 is 66.7 Å². The van der Waals surface area contributed by atoms with Crippen molar-refractivity contribution in [2.45, 2.75) is 169 Å². The fourth-order valence-electron chi connectivity index (χ4n) is 10.7. The highest BCUT2D eigenvalue weighted by Gasteiger charge is 2.38. The van der Waals surface area contributed by atoms with Crippen LogP contribution < -0.4 is 0 Å². The van der Waals surface area contributed by atoms with Crippen molar-refractivity contribution in [2.24, 2.45) is 11.8 Å². The molecule has 2 heterocycles. The number of imide groups is 2. The summed E-state index contributed by atoms with van der Waals surface area (Å²) >= 11 is 0. The van der Waals surface area contributed by atoms with Crippen LogP contribution in [-0.4, -0.2) is 46.5 Å². The number of benzene rings is 5. The topological polar surface area (TPSA) is 74.8 Å². The van der Waals surface area contributed by atoms with E-state index >= 15 is 0 Å². The summed E-state index contributed by atoms with van der Waals surface area (Å²) in [5, 5.41) is 7.04. The highest BCUT2D eigenvalue weighted by molar-refractivity contribution is 6.41. The summed E-state index contributed by atoms with van der Waals surface area (Å²) < 4.78 is 0. The van der Waals surface area contributed by atoms with Gasteiger partial charge in [0.15, 0.2) is 0 Å². The SMILES string of the molecule is CCCCCCCC(CCCCCC)CN1C(=O)c2ccc3c4ccc5c6c(ccc(c7ccc(c2c37)C1=O)c64)C(=O)N(CC(CCCCCC)CCCCCCC)C5=O. The average molecular weight is 811 g/mol. The van der Waals surface area contributed by atoms with Crippen molar-refractivity contribution in [3.63, 3.8) is 0 Å². The molecule has 0 N–H and O–H groups in total. The van der Waals surface area contributed by atoms with Crippen LogP contribution in [0, 0.1) is 11.8 Å². The van der Waals surface area contributed by atoms with Crippen LogP contribution in [0.1, 0.15) is 210 Å². The smallest absolute Gasteiger partial charge is 0.261 e. The van der Waals surface area contributed by atoms with Crippen molar-refractivity contribution < 1.29 is 19.2 Å². The van der Waals surface area contributed by atoms with Crippen molar-refractivity contribution in [1.29, 1.82) is 0 Å². The van der Waals surface area contributed by atoms with Crippen LogP contribution >= 0.6 is 0 Å². The lowest BCUT2D eigenvalue weighted by Gasteiger charge is -2.32. The minimum Gasteiger partial charge on any atom is -0.274 e. The predicted octanol–water partition coefficient (Wildman–Crippen LogP) is 14.8. The summed E-state index contributed by atoms with van der Waals surface area (Å²) in [6.07, 6.45) is 25.7. The van der Waals surface area contributed by atoms with Gasteiger partial charge in [0.2, 0.25) is 0 Å². The van der Waals surface area contributed by atoms with Crippen LogP contribution in [0.4, 0.5) is 0 Å². The molecular formula is C54H70N2O4. The molecule has 6 nitrogen and oxygen atoms in total. The first-order valence-electron chi connectivity index (χ1n) is 24.3. The van der Waals surface area contributed by atoms with E-state index < -0.39 is 0 Å². The van der Waals surface area contributed by atoms with Crippen LogP contribution in [0.25, 0.3) is 43.1 Å². The third-order valence-corrected chi connectivity index (χ3v) is 14.0. The molecule has 5 aromatic carbocycles. The number of amides is 4. The Morgan fingerprint density at radius 2 is 0.583 bits per heavy atom. The summed E-state index contributed by atoms with van der Waals surface area (Å²) in [5.41, 5.74) is 2.34. The fourth-order valence-corrected chi connectivity index (χ4v) is 10.7. The van der Waals surface area contributed by atoms with E-state index in [9.17, 15) is 19.2 Å². The minimum absolute atomic E-state index is 0.197. The zero-order valence-corrected chi connectivity index (χ0v) is 37.3. The molecule has 0 spiro atoms. The lowest BCUT2D eigenvalue weighted by atomic mass is 9.82. The molecule has 0 fully saturated rings. The van der Waals surface area contributed by atoms with E-state index in [0.29, 0.717) is 47.2 Å². The molecule has 2 atom stereocenters. The van der Waals surface area contributed by atoms with E-state index in [0.717, 1.165) is 94.5 Å². The molecule has 7 rings (SSSR count). The molecule has 4 amide bonds. The molecule has 2 unspecified atom stereocenters. The summed E-state index contributed by atoms with van der Waals surface area (Å²) in [6, 6.07) is 15.8. The van der Waals surface area contributed by atoms with E-state index in [1.54, 1.807) is 9.80 Å². The first-order valence-corrected chi connectivity index (χ1v) is 24.3. The molecule has 5 aromatic rings. The van der Waals surface area contributed by atoms with Crippen LogP contribution in [0.3, 0.4) is 0 Å².